The van der Waals surface area contributed by atoms with Gasteiger partial charge in [-0.2, -0.15) is 0 Å². The molecule has 0 unspecified atom stereocenters. The number of carbonyl (C=O) groups is 1. The van der Waals surface area contributed by atoms with Crippen LogP contribution in [0.25, 0.3) is 22.5 Å². The van der Waals surface area contributed by atoms with Gasteiger partial charge in [0.15, 0.2) is 11.5 Å². The summed E-state index contributed by atoms with van der Waals surface area (Å²) in [6, 6.07) is 12.0. The first kappa shape index (κ1) is 30.0. The van der Waals surface area contributed by atoms with Crippen molar-refractivity contribution in [2.75, 3.05) is 33.6 Å². The minimum Gasteiger partial charge on any atom is -0.480 e. The summed E-state index contributed by atoms with van der Waals surface area (Å²) in [6.07, 6.45) is 0. The molecule has 0 aliphatic rings. The summed E-state index contributed by atoms with van der Waals surface area (Å²) in [7, 11) is 6.25. The van der Waals surface area contributed by atoms with E-state index in [1.807, 2.05) is 0 Å². The van der Waals surface area contributed by atoms with E-state index in [9.17, 15) is 23.2 Å². The van der Waals surface area contributed by atoms with Crippen molar-refractivity contribution < 1.29 is 23.1 Å². The van der Waals surface area contributed by atoms with Crippen LogP contribution in [-0.2, 0) is 17.9 Å². The molecule has 0 aliphatic carbocycles. The minimum absolute atomic E-state index is 0.0225. The maximum absolute atomic E-state index is 14.8. The van der Waals surface area contributed by atoms with Gasteiger partial charge in [0.2, 0.25) is 5.88 Å². The summed E-state index contributed by atoms with van der Waals surface area (Å²) >= 11 is 0. The number of nitrogens with one attached hydrogen (secondary N) is 2. The Morgan fingerprint density at radius 2 is 1.68 bits per heavy atom. The van der Waals surface area contributed by atoms with Gasteiger partial charge in [-0.1, -0.05) is 6.07 Å². The number of urea groups is 1. The Morgan fingerprint density at radius 3 is 2.27 bits per heavy atom. The van der Waals surface area contributed by atoms with Crippen LogP contribution in [0.4, 0.5) is 19.3 Å². The maximum atomic E-state index is 14.8. The quantitative estimate of drug-likeness (QED) is 0.241. The molecule has 14 nitrogen and oxygen atoms in total. The molecule has 0 radical (unpaired) electrons. The van der Waals surface area contributed by atoms with E-state index in [1.54, 1.807) is 43.3 Å². The van der Waals surface area contributed by atoms with Crippen molar-refractivity contribution in [3.8, 4) is 17.4 Å². The molecule has 228 valence electrons. The molecule has 3 aromatic heterocycles. The molecule has 0 bridgehead atoms. The first-order valence-corrected chi connectivity index (χ1v) is 13.1. The van der Waals surface area contributed by atoms with Gasteiger partial charge >= 0.3 is 11.7 Å². The van der Waals surface area contributed by atoms with Crippen molar-refractivity contribution in [2.24, 2.45) is 0 Å². The predicted molar refractivity (Wildman–Crippen MR) is 155 cm³/mol. The predicted octanol–water partition coefficient (Wildman–Crippen LogP) is 2.21. The molecule has 3 heterocycles. The zero-order valence-electron chi connectivity index (χ0n) is 24.0. The van der Waals surface area contributed by atoms with Crippen LogP contribution in [0, 0.1) is 11.6 Å². The number of hydrogen-bond acceptors (Lipinski definition) is 9. The second-order valence-corrected chi connectivity index (χ2v) is 9.75. The average Bonchev–Trinajstić information content (AvgIpc) is 3.36. The lowest BCUT2D eigenvalue weighted by atomic mass is 10.2. The monoisotopic (exact) mass is 607 g/mol. The molecule has 0 saturated heterocycles. The lowest BCUT2D eigenvalue weighted by Gasteiger charge is -2.14. The van der Waals surface area contributed by atoms with Gasteiger partial charge in [-0.3, -0.25) is 14.2 Å². The number of nitrogens with zero attached hydrogens (tertiary/aromatic N) is 7. The topological polar surface area (TPSA) is 150 Å². The maximum Gasteiger partial charge on any atom is 0.343 e. The first-order valence-electron chi connectivity index (χ1n) is 13.1. The number of methoxy groups -OCH3 is 1. The van der Waals surface area contributed by atoms with Crippen LogP contribution in [-0.4, -0.2) is 68.4 Å². The van der Waals surface area contributed by atoms with Gasteiger partial charge < -0.3 is 15.0 Å². The molecule has 2 amide bonds. The summed E-state index contributed by atoms with van der Waals surface area (Å²) in [6.45, 7) is -0.393. The molecule has 44 heavy (non-hydrogen) atoms. The SMILES string of the molecule is CONC(=O)Nc1ccc(-n2nc3c(c2CN(C)C)c(=O)n(-c2ccc(OC)nn2)c(=O)n3Cc2c(F)cccc2F)cc1. The number of rotatable bonds is 9. The van der Waals surface area contributed by atoms with Gasteiger partial charge in [-0.05, 0) is 56.6 Å². The normalized spacial score (nSPS) is 11.2. The number of fused-ring (bicyclic) bond motifs is 1. The molecule has 0 atom stereocenters. The van der Waals surface area contributed by atoms with E-state index in [1.165, 1.54) is 37.1 Å². The summed E-state index contributed by atoms with van der Waals surface area (Å²) in [5, 5.41) is 15.1. The summed E-state index contributed by atoms with van der Waals surface area (Å²) < 4.78 is 37.9. The van der Waals surface area contributed by atoms with E-state index < -0.39 is 41.0 Å². The van der Waals surface area contributed by atoms with E-state index in [4.69, 9.17) is 4.74 Å². The van der Waals surface area contributed by atoms with Crippen LogP contribution in [0.1, 0.15) is 11.3 Å². The zero-order valence-corrected chi connectivity index (χ0v) is 24.0. The van der Waals surface area contributed by atoms with Gasteiger partial charge in [-0.15, -0.1) is 15.3 Å². The largest absolute Gasteiger partial charge is 0.480 e. The van der Waals surface area contributed by atoms with Crippen molar-refractivity contribution >= 4 is 22.8 Å². The van der Waals surface area contributed by atoms with Gasteiger partial charge in [0.05, 0.1) is 32.1 Å². The fraction of sp³-hybridized carbons (Fsp3) is 0.214. The molecular weight excluding hydrogens is 580 g/mol. The smallest absolute Gasteiger partial charge is 0.343 e. The Morgan fingerprint density at radius 1 is 0.977 bits per heavy atom. The third-order valence-electron chi connectivity index (χ3n) is 6.53. The van der Waals surface area contributed by atoms with Crippen molar-refractivity contribution in [3.05, 3.63) is 98.3 Å². The lowest BCUT2D eigenvalue weighted by Crippen LogP contribution is -2.40. The Kier molecular flexibility index (Phi) is 8.45. The molecule has 0 saturated carbocycles. The van der Waals surface area contributed by atoms with Crippen molar-refractivity contribution in [2.45, 2.75) is 13.1 Å². The molecular formula is C28H27F2N9O5. The molecule has 5 aromatic rings. The fourth-order valence-corrected chi connectivity index (χ4v) is 4.58. The second-order valence-electron chi connectivity index (χ2n) is 9.75. The molecule has 16 heteroatoms. The third kappa shape index (κ3) is 5.75. The molecule has 0 fully saturated rings. The minimum atomic E-state index is -0.936. The lowest BCUT2D eigenvalue weighted by molar-refractivity contribution is 0.114. The van der Waals surface area contributed by atoms with E-state index in [0.717, 1.165) is 21.3 Å². The van der Waals surface area contributed by atoms with E-state index in [2.05, 4.69) is 30.9 Å². The van der Waals surface area contributed by atoms with Gasteiger partial charge in [0.25, 0.3) is 5.56 Å². The van der Waals surface area contributed by atoms with E-state index in [-0.39, 0.29) is 29.3 Å². The first-order chi connectivity index (χ1) is 21.1. The van der Waals surface area contributed by atoms with E-state index >= 15 is 0 Å². The molecule has 0 spiro atoms. The number of amides is 2. The van der Waals surface area contributed by atoms with Crippen molar-refractivity contribution in [1.29, 1.82) is 0 Å². The Bertz CT molecular complexity index is 1930. The molecule has 2 N–H and O–H groups in total. The van der Waals surface area contributed by atoms with Crippen molar-refractivity contribution in [1.82, 2.24) is 39.5 Å². The average molecular weight is 608 g/mol. The number of halogens is 2. The van der Waals surface area contributed by atoms with Gasteiger partial charge in [0, 0.05) is 23.9 Å². The Balaban J connectivity index is 1.79. The highest BCUT2D eigenvalue weighted by Crippen LogP contribution is 2.23. The number of aromatic nitrogens is 6. The van der Waals surface area contributed by atoms with Crippen LogP contribution in [0.2, 0.25) is 0 Å². The summed E-state index contributed by atoms with van der Waals surface area (Å²) in [4.78, 5) is 46.3. The van der Waals surface area contributed by atoms with Crippen molar-refractivity contribution in [3.63, 3.8) is 0 Å². The number of benzene rings is 2. The van der Waals surface area contributed by atoms with Crippen LogP contribution in [0.5, 0.6) is 5.88 Å². The number of carbonyl (C=O) groups excluding carboxylic acids is 1. The van der Waals surface area contributed by atoms with Crippen LogP contribution in [0.15, 0.2) is 64.2 Å². The molecule has 2 aromatic carbocycles. The standard InChI is InChI=1S/C28H27F2N9O5/c1-36(2)15-21-24-25(34-39(21)17-10-8-16(9-11-17)31-27(41)35-44-4)37(14-18-19(29)6-5-7-20(18)30)28(42)38(26(24)40)22-12-13-23(43-3)33-32-22/h5-13H,14-15H2,1-4H3,(H2,31,35,41). The van der Waals surface area contributed by atoms with Crippen LogP contribution in [0.3, 0.4) is 0 Å². The van der Waals surface area contributed by atoms with Gasteiger partial charge in [-0.25, -0.2) is 33.1 Å². The number of hydrogen-bond donors (Lipinski definition) is 2. The highest BCUT2D eigenvalue weighted by molar-refractivity contribution is 5.88. The fourth-order valence-electron chi connectivity index (χ4n) is 4.58. The number of ether oxygens (including phenoxy) is 1. The Labute approximate surface area is 248 Å². The number of anilines is 1. The highest BCUT2D eigenvalue weighted by atomic mass is 19.1. The summed E-state index contributed by atoms with van der Waals surface area (Å²) in [5.41, 5.74) is 1.25. The molecule has 0 aliphatic heterocycles. The van der Waals surface area contributed by atoms with E-state index in [0.29, 0.717) is 17.1 Å². The molecule has 5 rings (SSSR count). The van der Waals surface area contributed by atoms with Crippen LogP contribution >= 0.6 is 0 Å². The number of hydroxylamine groups is 1. The third-order valence-corrected chi connectivity index (χ3v) is 6.53. The summed E-state index contributed by atoms with van der Waals surface area (Å²) in [5.74, 6) is -1.73. The van der Waals surface area contributed by atoms with Gasteiger partial charge in [0.1, 0.15) is 17.0 Å². The highest BCUT2D eigenvalue weighted by Gasteiger charge is 2.26. The Hall–Kier alpha value is -5.48. The zero-order chi connectivity index (χ0) is 31.5. The van der Waals surface area contributed by atoms with Crippen LogP contribution < -0.4 is 26.8 Å². The second kappa shape index (κ2) is 12.4.